The van der Waals surface area contributed by atoms with E-state index in [2.05, 4.69) is 10.6 Å². The second-order valence-electron chi connectivity index (χ2n) is 5.56. The highest BCUT2D eigenvalue weighted by Gasteiger charge is 2.24. The molecule has 1 atom stereocenters. The molecule has 0 fully saturated rings. The lowest BCUT2D eigenvalue weighted by molar-refractivity contribution is -0.118. The van der Waals surface area contributed by atoms with Gasteiger partial charge in [-0.2, -0.15) is 0 Å². The van der Waals surface area contributed by atoms with Gasteiger partial charge in [0.2, 0.25) is 5.91 Å². The second kappa shape index (κ2) is 7.79. The van der Waals surface area contributed by atoms with Gasteiger partial charge in [0.15, 0.2) is 0 Å². The number of hydrogen-bond donors (Lipinski definition) is 2. The number of halogens is 1. The summed E-state index contributed by atoms with van der Waals surface area (Å²) in [4.78, 5) is 24.7. The van der Waals surface area contributed by atoms with Crippen LogP contribution in [-0.2, 0) is 4.79 Å². The van der Waals surface area contributed by atoms with Gasteiger partial charge in [-0.1, -0.05) is 43.6 Å². The Labute approximate surface area is 140 Å². The molecular formula is C18H19ClN2O2. The minimum absolute atomic E-state index is 0.0463. The average Bonchev–Trinajstić information content (AvgIpc) is 2.55. The molecular weight excluding hydrogens is 312 g/mol. The van der Waals surface area contributed by atoms with E-state index < -0.39 is 6.04 Å². The number of hydrogen-bond acceptors (Lipinski definition) is 2. The number of carbonyl (C=O) groups excluding carboxylic acids is 2. The predicted octanol–water partition coefficient (Wildman–Crippen LogP) is 3.73. The van der Waals surface area contributed by atoms with E-state index in [1.807, 2.05) is 19.9 Å². The van der Waals surface area contributed by atoms with Gasteiger partial charge in [-0.05, 0) is 42.3 Å². The zero-order valence-electron chi connectivity index (χ0n) is 13.0. The highest BCUT2D eigenvalue weighted by Crippen LogP contribution is 2.15. The Morgan fingerprint density at radius 1 is 0.957 bits per heavy atom. The summed E-state index contributed by atoms with van der Waals surface area (Å²) in [5, 5.41) is 6.18. The maximum absolute atomic E-state index is 12.4. The molecule has 120 valence electrons. The van der Waals surface area contributed by atoms with Gasteiger partial charge in [-0.3, -0.25) is 9.59 Å². The highest BCUT2D eigenvalue weighted by atomic mass is 35.5. The lowest BCUT2D eigenvalue weighted by Gasteiger charge is -2.21. The van der Waals surface area contributed by atoms with Crippen LogP contribution in [0.2, 0.25) is 5.02 Å². The SMILES string of the molecule is CC(C)C(NC(=O)c1ccccc1)C(=O)Nc1ccc(Cl)cc1. The van der Waals surface area contributed by atoms with Crippen molar-refractivity contribution in [3.63, 3.8) is 0 Å². The molecule has 2 aromatic rings. The van der Waals surface area contributed by atoms with Crippen LogP contribution in [0, 0.1) is 5.92 Å². The molecule has 2 N–H and O–H groups in total. The third-order valence-corrected chi connectivity index (χ3v) is 3.64. The molecule has 0 heterocycles. The fraction of sp³-hybridized carbons (Fsp3) is 0.222. The Bertz CT molecular complexity index is 669. The summed E-state index contributed by atoms with van der Waals surface area (Å²) >= 11 is 5.83. The van der Waals surface area contributed by atoms with Gasteiger partial charge >= 0.3 is 0 Å². The third-order valence-electron chi connectivity index (χ3n) is 3.38. The van der Waals surface area contributed by atoms with Gasteiger partial charge in [0, 0.05) is 16.3 Å². The van der Waals surface area contributed by atoms with E-state index in [1.54, 1.807) is 48.5 Å². The number of nitrogens with one attached hydrogen (secondary N) is 2. The van der Waals surface area contributed by atoms with Gasteiger partial charge < -0.3 is 10.6 Å². The Hall–Kier alpha value is -2.33. The lowest BCUT2D eigenvalue weighted by atomic mass is 10.0. The molecule has 0 aliphatic heterocycles. The largest absolute Gasteiger partial charge is 0.340 e. The van der Waals surface area contributed by atoms with Crippen LogP contribution >= 0.6 is 11.6 Å². The van der Waals surface area contributed by atoms with Crippen LogP contribution < -0.4 is 10.6 Å². The molecule has 1 unspecified atom stereocenters. The first kappa shape index (κ1) is 17.0. The van der Waals surface area contributed by atoms with Crippen molar-refractivity contribution in [3.8, 4) is 0 Å². The quantitative estimate of drug-likeness (QED) is 0.877. The van der Waals surface area contributed by atoms with E-state index in [9.17, 15) is 9.59 Å². The summed E-state index contributed by atoms with van der Waals surface area (Å²) in [5.74, 6) is -0.572. The molecule has 0 saturated heterocycles. The molecule has 4 nitrogen and oxygen atoms in total. The highest BCUT2D eigenvalue weighted by molar-refractivity contribution is 6.30. The van der Waals surface area contributed by atoms with Crippen molar-refractivity contribution < 1.29 is 9.59 Å². The van der Waals surface area contributed by atoms with Crippen molar-refractivity contribution in [3.05, 3.63) is 65.2 Å². The second-order valence-corrected chi connectivity index (χ2v) is 5.99. The van der Waals surface area contributed by atoms with E-state index in [0.29, 0.717) is 16.3 Å². The van der Waals surface area contributed by atoms with Crippen LogP contribution in [0.3, 0.4) is 0 Å². The van der Waals surface area contributed by atoms with Gasteiger partial charge in [0.1, 0.15) is 6.04 Å². The van der Waals surface area contributed by atoms with Crippen LogP contribution in [0.15, 0.2) is 54.6 Å². The molecule has 2 rings (SSSR count). The van der Waals surface area contributed by atoms with E-state index in [-0.39, 0.29) is 17.7 Å². The smallest absolute Gasteiger partial charge is 0.251 e. The summed E-state index contributed by atoms with van der Waals surface area (Å²) in [7, 11) is 0. The first-order valence-corrected chi connectivity index (χ1v) is 7.77. The fourth-order valence-corrected chi connectivity index (χ4v) is 2.23. The minimum atomic E-state index is -0.626. The zero-order valence-corrected chi connectivity index (χ0v) is 13.8. The normalized spacial score (nSPS) is 11.8. The molecule has 0 aromatic heterocycles. The van der Waals surface area contributed by atoms with Gasteiger partial charge in [-0.25, -0.2) is 0 Å². The van der Waals surface area contributed by atoms with Crippen molar-refractivity contribution in [2.45, 2.75) is 19.9 Å². The van der Waals surface area contributed by atoms with E-state index in [4.69, 9.17) is 11.6 Å². The summed E-state index contributed by atoms with van der Waals surface area (Å²) in [5.41, 5.74) is 1.16. The van der Waals surface area contributed by atoms with Crippen LogP contribution in [0.5, 0.6) is 0 Å². The molecule has 2 amide bonds. The summed E-state index contributed by atoms with van der Waals surface area (Å²) < 4.78 is 0. The van der Waals surface area contributed by atoms with E-state index in [1.165, 1.54) is 0 Å². The van der Waals surface area contributed by atoms with Crippen molar-refractivity contribution in [1.29, 1.82) is 0 Å². The monoisotopic (exact) mass is 330 g/mol. The Kier molecular flexibility index (Phi) is 5.77. The number of rotatable bonds is 5. The first-order valence-electron chi connectivity index (χ1n) is 7.39. The topological polar surface area (TPSA) is 58.2 Å². The van der Waals surface area contributed by atoms with Crippen molar-refractivity contribution >= 4 is 29.1 Å². The Balaban J connectivity index is 2.07. The molecule has 2 aromatic carbocycles. The summed E-state index contributed by atoms with van der Waals surface area (Å²) in [6, 6.07) is 15.0. The molecule has 0 aliphatic carbocycles. The van der Waals surface area contributed by atoms with E-state index in [0.717, 1.165) is 0 Å². The molecule has 23 heavy (non-hydrogen) atoms. The van der Waals surface area contributed by atoms with Crippen LogP contribution in [0.4, 0.5) is 5.69 Å². The number of carbonyl (C=O) groups is 2. The molecule has 0 aliphatic rings. The predicted molar refractivity (Wildman–Crippen MR) is 92.6 cm³/mol. The summed E-state index contributed by atoms with van der Waals surface area (Å²) in [6.45, 7) is 3.77. The van der Waals surface area contributed by atoms with Crippen LogP contribution in [-0.4, -0.2) is 17.9 Å². The third kappa shape index (κ3) is 4.83. The fourth-order valence-electron chi connectivity index (χ4n) is 2.10. The van der Waals surface area contributed by atoms with Gasteiger partial charge in [0.05, 0.1) is 0 Å². The molecule has 0 spiro atoms. The van der Waals surface area contributed by atoms with Gasteiger partial charge in [-0.15, -0.1) is 0 Å². The number of amides is 2. The summed E-state index contributed by atoms with van der Waals surface area (Å²) in [6.07, 6.45) is 0. The lowest BCUT2D eigenvalue weighted by Crippen LogP contribution is -2.47. The Morgan fingerprint density at radius 3 is 2.13 bits per heavy atom. The van der Waals surface area contributed by atoms with E-state index >= 15 is 0 Å². The molecule has 0 saturated carbocycles. The van der Waals surface area contributed by atoms with Crippen molar-refractivity contribution in [1.82, 2.24) is 5.32 Å². The van der Waals surface area contributed by atoms with Crippen molar-refractivity contribution in [2.24, 2.45) is 5.92 Å². The zero-order chi connectivity index (χ0) is 16.8. The Morgan fingerprint density at radius 2 is 1.57 bits per heavy atom. The van der Waals surface area contributed by atoms with Crippen LogP contribution in [0.25, 0.3) is 0 Å². The first-order chi connectivity index (χ1) is 11.0. The maximum Gasteiger partial charge on any atom is 0.251 e. The van der Waals surface area contributed by atoms with Crippen LogP contribution in [0.1, 0.15) is 24.2 Å². The number of anilines is 1. The van der Waals surface area contributed by atoms with Gasteiger partial charge in [0.25, 0.3) is 5.91 Å². The maximum atomic E-state index is 12.4. The minimum Gasteiger partial charge on any atom is -0.340 e. The molecule has 0 bridgehead atoms. The van der Waals surface area contributed by atoms with Crippen molar-refractivity contribution in [2.75, 3.05) is 5.32 Å². The standard InChI is InChI=1S/C18H19ClN2O2/c1-12(2)16(21-17(22)13-6-4-3-5-7-13)18(23)20-15-10-8-14(19)9-11-15/h3-12,16H,1-2H3,(H,20,23)(H,21,22). The molecule has 5 heteroatoms. The number of benzene rings is 2. The average molecular weight is 331 g/mol. The molecule has 0 radical (unpaired) electrons.